The predicted octanol–water partition coefficient (Wildman–Crippen LogP) is 3.11. The van der Waals surface area contributed by atoms with Gasteiger partial charge in [0.2, 0.25) is 0 Å². The molecule has 0 saturated carbocycles. The lowest BCUT2D eigenvalue weighted by atomic mass is 10.1. The molecule has 2 aromatic rings. The van der Waals surface area contributed by atoms with Gasteiger partial charge in [0.1, 0.15) is 0 Å². The van der Waals surface area contributed by atoms with Crippen molar-refractivity contribution in [1.29, 1.82) is 0 Å². The Balaban J connectivity index is 2.17. The molecule has 2 aromatic carbocycles. The molecule has 0 unspecified atom stereocenters. The number of hydrogen-bond donors (Lipinski definition) is 2. The molecular weight excluding hydrogens is 336 g/mol. The topological polar surface area (TPSA) is 89.3 Å². The summed E-state index contributed by atoms with van der Waals surface area (Å²) in [5.41, 5.74) is 8.18. The molecule has 0 fully saturated rings. The van der Waals surface area contributed by atoms with Gasteiger partial charge in [-0.3, -0.25) is 4.79 Å². The van der Waals surface area contributed by atoms with Crippen molar-refractivity contribution in [1.82, 2.24) is 0 Å². The molecule has 0 aliphatic carbocycles. The molecule has 0 spiro atoms. The first-order chi connectivity index (χ1) is 11.6. The number of nitrogens with one attached hydrogen (secondary N) is 1. The summed E-state index contributed by atoms with van der Waals surface area (Å²) in [6.45, 7) is 5.40. The molecule has 0 atom stereocenters. The highest BCUT2D eigenvalue weighted by Crippen LogP contribution is 2.22. The molecule has 134 valence electrons. The Hall–Kier alpha value is -2.18. The molecule has 0 aromatic heterocycles. The summed E-state index contributed by atoms with van der Waals surface area (Å²) in [5.74, 6) is -0.325. The maximum Gasteiger partial charge on any atom is 0.255 e. The molecule has 5 nitrogen and oxygen atoms in total. The third-order valence-corrected chi connectivity index (χ3v) is 6.48. The number of carbonyl (C=O) groups is 1. The maximum atomic E-state index is 12.4. The van der Waals surface area contributed by atoms with Crippen molar-refractivity contribution >= 4 is 21.4 Å². The number of rotatable bonds is 5. The molecule has 0 radical (unpaired) electrons. The average molecular weight is 360 g/mol. The molecule has 1 amide bonds. The number of hydrogen-bond acceptors (Lipinski definition) is 4. The predicted molar refractivity (Wildman–Crippen MR) is 101 cm³/mol. The van der Waals surface area contributed by atoms with Crippen molar-refractivity contribution in [2.24, 2.45) is 5.73 Å². The zero-order valence-electron chi connectivity index (χ0n) is 14.7. The molecule has 0 saturated heterocycles. The zero-order chi connectivity index (χ0) is 18.7. The van der Waals surface area contributed by atoms with Crippen LogP contribution in [0, 0.1) is 0 Å². The summed E-state index contributed by atoms with van der Waals surface area (Å²) in [7, 11) is -3.28. The number of carbonyl (C=O) groups excluding carboxylic acids is 1. The van der Waals surface area contributed by atoms with Gasteiger partial charge in [0.15, 0.2) is 9.84 Å². The first-order valence-corrected chi connectivity index (χ1v) is 9.69. The van der Waals surface area contributed by atoms with E-state index in [2.05, 4.69) is 5.32 Å². The minimum Gasteiger partial charge on any atom is -0.326 e. The summed E-state index contributed by atoms with van der Waals surface area (Å²) in [4.78, 5) is 12.4. The van der Waals surface area contributed by atoms with E-state index in [4.69, 9.17) is 5.73 Å². The van der Waals surface area contributed by atoms with Crippen LogP contribution in [0.2, 0.25) is 0 Å². The minimum atomic E-state index is -3.28. The van der Waals surface area contributed by atoms with E-state index in [1.165, 1.54) is 0 Å². The van der Waals surface area contributed by atoms with Gasteiger partial charge in [-0.1, -0.05) is 24.3 Å². The second-order valence-electron chi connectivity index (χ2n) is 6.93. The highest BCUT2D eigenvalue weighted by molar-refractivity contribution is 7.91. The van der Waals surface area contributed by atoms with Crippen LogP contribution in [0.4, 0.5) is 5.69 Å². The Labute approximate surface area is 149 Å². The van der Waals surface area contributed by atoms with Crippen molar-refractivity contribution in [2.75, 3.05) is 5.32 Å². The summed E-state index contributed by atoms with van der Waals surface area (Å²) in [5, 5.41) is 2.80. The molecule has 2 rings (SSSR count). The fourth-order valence-electron chi connectivity index (χ4n) is 2.22. The summed E-state index contributed by atoms with van der Waals surface area (Å²) < 4.78 is 23.9. The van der Waals surface area contributed by atoms with E-state index >= 15 is 0 Å². The van der Waals surface area contributed by atoms with Crippen molar-refractivity contribution in [3.8, 4) is 0 Å². The van der Waals surface area contributed by atoms with Gasteiger partial charge in [0, 0.05) is 17.8 Å². The van der Waals surface area contributed by atoms with Crippen molar-refractivity contribution < 1.29 is 13.2 Å². The van der Waals surface area contributed by atoms with E-state index in [1.807, 2.05) is 6.07 Å². The molecular formula is C19H24N2O3S. The third-order valence-electron chi connectivity index (χ3n) is 3.90. The zero-order valence-corrected chi connectivity index (χ0v) is 15.6. The van der Waals surface area contributed by atoms with E-state index in [1.54, 1.807) is 63.2 Å². The van der Waals surface area contributed by atoms with E-state index in [9.17, 15) is 13.2 Å². The van der Waals surface area contributed by atoms with Crippen LogP contribution in [0.15, 0.2) is 48.5 Å². The lowest BCUT2D eigenvalue weighted by molar-refractivity contribution is 0.102. The number of anilines is 1. The summed E-state index contributed by atoms with van der Waals surface area (Å²) >= 11 is 0. The lowest BCUT2D eigenvalue weighted by Crippen LogP contribution is -2.29. The highest BCUT2D eigenvalue weighted by Gasteiger charge is 2.29. The normalized spacial score (nSPS) is 12.0. The van der Waals surface area contributed by atoms with Crippen LogP contribution in [-0.2, 0) is 22.1 Å². The SMILES string of the molecule is CC(C)(C)S(=O)(=O)Cc1cccc(NC(=O)c2cccc(CN)c2)c1. The van der Waals surface area contributed by atoms with Gasteiger partial charge in [-0.2, -0.15) is 0 Å². The Morgan fingerprint density at radius 2 is 1.68 bits per heavy atom. The Morgan fingerprint density at radius 3 is 2.32 bits per heavy atom. The smallest absolute Gasteiger partial charge is 0.255 e. The van der Waals surface area contributed by atoms with E-state index in [-0.39, 0.29) is 11.7 Å². The van der Waals surface area contributed by atoms with Gasteiger partial charge < -0.3 is 11.1 Å². The standard InChI is InChI=1S/C19H24N2O3S/c1-19(2,3)25(23,24)13-15-7-5-9-17(11-15)21-18(22)16-8-4-6-14(10-16)12-20/h4-11H,12-13,20H2,1-3H3,(H,21,22). The molecule has 0 bridgehead atoms. The summed E-state index contributed by atoms with van der Waals surface area (Å²) in [6.07, 6.45) is 0. The van der Waals surface area contributed by atoms with Crippen molar-refractivity contribution in [3.63, 3.8) is 0 Å². The second kappa shape index (κ2) is 7.37. The monoisotopic (exact) mass is 360 g/mol. The van der Waals surface area contributed by atoms with Crippen LogP contribution in [0.5, 0.6) is 0 Å². The number of nitrogens with two attached hydrogens (primary N) is 1. The fraction of sp³-hybridized carbons (Fsp3) is 0.316. The van der Waals surface area contributed by atoms with Gasteiger partial charge >= 0.3 is 0 Å². The Bertz CT molecular complexity index is 868. The number of benzene rings is 2. The molecule has 0 heterocycles. The largest absolute Gasteiger partial charge is 0.326 e. The van der Waals surface area contributed by atoms with E-state index < -0.39 is 14.6 Å². The third kappa shape index (κ3) is 4.90. The van der Waals surface area contributed by atoms with Gasteiger partial charge in [-0.25, -0.2) is 8.42 Å². The van der Waals surface area contributed by atoms with Gasteiger partial charge in [0.05, 0.1) is 10.5 Å². The molecule has 3 N–H and O–H groups in total. The van der Waals surface area contributed by atoms with Gasteiger partial charge in [0.25, 0.3) is 5.91 Å². The number of sulfone groups is 1. The van der Waals surface area contributed by atoms with Crippen LogP contribution in [-0.4, -0.2) is 19.1 Å². The average Bonchev–Trinajstić information content (AvgIpc) is 2.53. The van der Waals surface area contributed by atoms with Crippen LogP contribution in [0.1, 0.15) is 42.3 Å². The Kier molecular flexibility index (Phi) is 5.65. The second-order valence-corrected chi connectivity index (χ2v) is 9.67. The molecule has 25 heavy (non-hydrogen) atoms. The molecule has 0 aliphatic rings. The van der Waals surface area contributed by atoms with E-state index in [0.29, 0.717) is 23.4 Å². The van der Waals surface area contributed by atoms with Crippen LogP contribution < -0.4 is 11.1 Å². The maximum absolute atomic E-state index is 12.4. The summed E-state index contributed by atoms with van der Waals surface area (Å²) in [6, 6.07) is 14.0. The van der Waals surface area contributed by atoms with Gasteiger partial charge in [-0.15, -0.1) is 0 Å². The molecule has 0 aliphatic heterocycles. The lowest BCUT2D eigenvalue weighted by Gasteiger charge is -2.19. The van der Waals surface area contributed by atoms with Crippen LogP contribution >= 0.6 is 0 Å². The van der Waals surface area contributed by atoms with Crippen LogP contribution in [0.3, 0.4) is 0 Å². The quantitative estimate of drug-likeness (QED) is 0.857. The first-order valence-electron chi connectivity index (χ1n) is 8.04. The van der Waals surface area contributed by atoms with Crippen molar-refractivity contribution in [3.05, 3.63) is 65.2 Å². The van der Waals surface area contributed by atoms with Crippen LogP contribution in [0.25, 0.3) is 0 Å². The minimum absolute atomic E-state index is 0.0666. The van der Waals surface area contributed by atoms with Gasteiger partial charge in [-0.05, 0) is 56.2 Å². The number of amides is 1. The highest BCUT2D eigenvalue weighted by atomic mass is 32.2. The first kappa shape index (κ1) is 19.1. The Morgan fingerprint density at radius 1 is 1.04 bits per heavy atom. The fourth-order valence-corrected chi connectivity index (χ4v) is 3.27. The van der Waals surface area contributed by atoms with Crippen molar-refractivity contribution in [2.45, 2.75) is 37.8 Å². The molecule has 6 heteroatoms. The van der Waals surface area contributed by atoms with E-state index in [0.717, 1.165) is 5.56 Å².